The maximum absolute atomic E-state index is 12.2. The summed E-state index contributed by atoms with van der Waals surface area (Å²) in [6.45, 7) is 6.59. The second kappa shape index (κ2) is 7.06. The van der Waals surface area contributed by atoms with Crippen molar-refractivity contribution in [3.63, 3.8) is 0 Å². The van der Waals surface area contributed by atoms with E-state index in [1.165, 1.54) is 0 Å². The van der Waals surface area contributed by atoms with Gasteiger partial charge in [-0.05, 0) is 37.5 Å². The highest BCUT2D eigenvalue weighted by Crippen LogP contribution is 2.25. The van der Waals surface area contributed by atoms with Crippen molar-refractivity contribution in [2.75, 3.05) is 13.2 Å². The second-order valence-electron chi connectivity index (χ2n) is 4.96. The Hall–Kier alpha value is -0.870. The van der Waals surface area contributed by atoms with Gasteiger partial charge in [0.05, 0.1) is 6.61 Å². The van der Waals surface area contributed by atoms with Crippen molar-refractivity contribution in [3.05, 3.63) is 33.8 Å². The van der Waals surface area contributed by atoms with Gasteiger partial charge < -0.3 is 10.4 Å². The van der Waals surface area contributed by atoms with Gasteiger partial charge in [-0.15, -0.1) is 0 Å². The summed E-state index contributed by atoms with van der Waals surface area (Å²) in [4.78, 5) is 12.2. The Kier molecular flexibility index (Phi) is 6.01. The molecule has 0 aromatic heterocycles. The fraction of sp³-hybridized carbons (Fsp3) is 0.533. The molecule has 2 N–H and O–H groups in total. The molecule has 0 atom stereocenters. The summed E-state index contributed by atoms with van der Waals surface area (Å²) in [7, 11) is 0. The van der Waals surface area contributed by atoms with Crippen LogP contribution in [0.15, 0.2) is 22.7 Å². The van der Waals surface area contributed by atoms with E-state index in [1.807, 2.05) is 39.0 Å². The molecule has 4 heteroatoms. The summed E-state index contributed by atoms with van der Waals surface area (Å²) in [6, 6.07) is 5.58. The Morgan fingerprint density at radius 3 is 2.53 bits per heavy atom. The fourth-order valence-corrected chi connectivity index (χ4v) is 2.36. The highest BCUT2D eigenvalue weighted by molar-refractivity contribution is 9.10. The van der Waals surface area contributed by atoms with Gasteiger partial charge in [-0.2, -0.15) is 0 Å². The average Bonchev–Trinajstić information content (AvgIpc) is 2.44. The SMILES string of the molecule is CCC(CC)(CO)CNC(=O)c1cccc(Br)c1C. The summed E-state index contributed by atoms with van der Waals surface area (Å²) in [6.07, 6.45) is 1.69. The molecular weight excluding hydrogens is 306 g/mol. The molecule has 0 saturated carbocycles. The molecule has 0 spiro atoms. The average molecular weight is 328 g/mol. The van der Waals surface area contributed by atoms with Crippen LogP contribution >= 0.6 is 15.9 Å². The Morgan fingerprint density at radius 2 is 2.00 bits per heavy atom. The molecule has 0 aliphatic rings. The topological polar surface area (TPSA) is 49.3 Å². The van der Waals surface area contributed by atoms with Crippen LogP contribution < -0.4 is 5.32 Å². The number of rotatable bonds is 6. The molecule has 1 rings (SSSR count). The van der Waals surface area contributed by atoms with Crippen LogP contribution in [0.25, 0.3) is 0 Å². The van der Waals surface area contributed by atoms with E-state index in [9.17, 15) is 9.90 Å². The van der Waals surface area contributed by atoms with Gasteiger partial charge in [-0.3, -0.25) is 4.79 Å². The van der Waals surface area contributed by atoms with Crippen molar-refractivity contribution in [2.45, 2.75) is 33.6 Å². The van der Waals surface area contributed by atoms with Gasteiger partial charge in [0.15, 0.2) is 0 Å². The van der Waals surface area contributed by atoms with E-state index in [-0.39, 0.29) is 17.9 Å². The lowest BCUT2D eigenvalue weighted by Gasteiger charge is -2.29. The fourth-order valence-electron chi connectivity index (χ4n) is 2.00. The zero-order valence-corrected chi connectivity index (χ0v) is 13.4. The first-order chi connectivity index (χ1) is 8.99. The highest BCUT2D eigenvalue weighted by Gasteiger charge is 2.26. The van der Waals surface area contributed by atoms with Crippen LogP contribution in [0.5, 0.6) is 0 Å². The van der Waals surface area contributed by atoms with Gasteiger partial charge in [0.2, 0.25) is 0 Å². The number of halogens is 1. The number of hydrogen-bond acceptors (Lipinski definition) is 2. The van der Waals surface area contributed by atoms with Gasteiger partial charge in [0, 0.05) is 22.0 Å². The summed E-state index contributed by atoms with van der Waals surface area (Å²) in [5, 5.41) is 12.4. The third-order valence-corrected chi connectivity index (χ3v) is 4.83. The number of nitrogens with one attached hydrogen (secondary N) is 1. The summed E-state index contributed by atoms with van der Waals surface area (Å²) in [5.74, 6) is -0.0847. The predicted octanol–water partition coefficient (Wildman–Crippen LogP) is 3.29. The predicted molar refractivity (Wildman–Crippen MR) is 81.3 cm³/mol. The number of carbonyl (C=O) groups excluding carboxylic acids is 1. The molecule has 0 heterocycles. The molecule has 1 aromatic carbocycles. The molecule has 0 fully saturated rings. The van der Waals surface area contributed by atoms with Crippen molar-refractivity contribution in [2.24, 2.45) is 5.41 Å². The maximum Gasteiger partial charge on any atom is 0.251 e. The zero-order chi connectivity index (χ0) is 14.5. The number of carbonyl (C=O) groups is 1. The number of aliphatic hydroxyl groups is 1. The van der Waals surface area contributed by atoms with Crippen LogP contribution in [0, 0.1) is 12.3 Å². The third-order valence-electron chi connectivity index (χ3n) is 3.97. The van der Waals surface area contributed by atoms with Crippen molar-refractivity contribution in [1.29, 1.82) is 0 Å². The van der Waals surface area contributed by atoms with Gasteiger partial charge in [0.25, 0.3) is 5.91 Å². The van der Waals surface area contributed by atoms with E-state index >= 15 is 0 Å². The summed E-state index contributed by atoms with van der Waals surface area (Å²) in [5.41, 5.74) is 1.39. The van der Waals surface area contributed by atoms with Crippen molar-refractivity contribution < 1.29 is 9.90 Å². The van der Waals surface area contributed by atoms with E-state index in [0.29, 0.717) is 12.1 Å². The summed E-state index contributed by atoms with van der Waals surface area (Å²) >= 11 is 3.43. The van der Waals surface area contributed by atoms with Crippen LogP contribution in [0.1, 0.15) is 42.6 Å². The van der Waals surface area contributed by atoms with Crippen molar-refractivity contribution in [3.8, 4) is 0 Å². The monoisotopic (exact) mass is 327 g/mol. The van der Waals surface area contributed by atoms with E-state index in [0.717, 1.165) is 22.9 Å². The number of amides is 1. The van der Waals surface area contributed by atoms with Crippen LogP contribution in [0.2, 0.25) is 0 Å². The number of benzene rings is 1. The van der Waals surface area contributed by atoms with E-state index < -0.39 is 0 Å². The quantitative estimate of drug-likeness (QED) is 0.842. The smallest absolute Gasteiger partial charge is 0.251 e. The first kappa shape index (κ1) is 16.2. The first-order valence-corrected chi connectivity index (χ1v) is 7.43. The molecule has 0 aliphatic heterocycles. The lowest BCUT2D eigenvalue weighted by atomic mass is 9.83. The first-order valence-electron chi connectivity index (χ1n) is 6.64. The normalized spacial score (nSPS) is 11.4. The van der Waals surface area contributed by atoms with Gasteiger partial charge in [0.1, 0.15) is 0 Å². The molecular formula is C15H22BrNO2. The molecule has 1 aromatic rings. The number of hydrogen-bond donors (Lipinski definition) is 2. The minimum Gasteiger partial charge on any atom is -0.396 e. The Balaban J connectivity index is 2.78. The zero-order valence-electron chi connectivity index (χ0n) is 11.8. The molecule has 19 heavy (non-hydrogen) atoms. The standard InChI is InChI=1S/C15H22BrNO2/c1-4-15(5-2,10-18)9-17-14(19)12-7-6-8-13(16)11(12)3/h6-8,18H,4-5,9-10H2,1-3H3,(H,17,19). The Morgan fingerprint density at radius 1 is 1.37 bits per heavy atom. The lowest BCUT2D eigenvalue weighted by molar-refractivity contribution is 0.0850. The van der Waals surface area contributed by atoms with Crippen LogP contribution in [0.4, 0.5) is 0 Å². The second-order valence-corrected chi connectivity index (χ2v) is 5.81. The molecule has 0 aliphatic carbocycles. The minimum atomic E-state index is -0.213. The third kappa shape index (κ3) is 3.80. The van der Waals surface area contributed by atoms with Crippen molar-refractivity contribution >= 4 is 21.8 Å². The Labute approximate surface area is 123 Å². The molecule has 106 valence electrons. The van der Waals surface area contributed by atoms with Gasteiger partial charge in [-0.1, -0.05) is 35.8 Å². The largest absolute Gasteiger partial charge is 0.396 e. The van der Waals surface area contributed by atoms with Gasteiger partial charge in [-0.25, -0.2) is 0 Å². The maximum atomic E-state index is 12.2. The van der Waals surface area contributed by atoms with Gasteiger partial charge >= 0.3 is 0 Å². The Bertz CT molecular complexity index is 434. The molecule has 0 unspecified atom stereocenters. The van der Waals surface area contributed by atoms with E-state index in [1.54, 1.807) is 0 Å². The molecule has 1 amide bonds. The molecule has 0 radical (unpaired) electrons. The molecule has 3 nitrogen and oxygen atoms in total. The molecule has 0 saturated heterocycles. The van der Waals surface area contributed by atoms with E-state index in [4.69, 9.17) is 0 Å². The van der Waals surface area contributed by atoms with Crippen LogP contribution in [-0.2, 0) is 0 Å². The summed E-state index contributed by atoms with van der Waals surface area (Å²) < 4.78 is 0.930. The van der Waals surface area contributed by atoms with Crippen LogP contribution in [-0.4, -0.2) is 24.2 Å². The van der Waals surface area contributed by atoms with Crippen LogP contribution in [0.3, 0.4) is 0 Å². The van der Waals surface area contributed by atoms with Crippen molar-refractivity contribution in [1.82, 2.24) is 5.32 Å². The number of aliphatic hydroxyl groups excluding tert-OH is 1. The lowest BCUT2D eigenvalue weighted by Crippen LogP contribution is -2.39. The minimum absolute atomic E-state index is 0.0847. The molecule has 0 bridgehead atoms. The van der Waals surface area contributed by atoms with E-state index in [2.05, 4.69) is 21.2 Å². The highest BCUT2D eigenvalue weighted by atomic mass is 79.9.